The third kappa shape index (κ3) is 2.93. The summed E-state index contributed by atoms with van der Waals surface area (Å²) >= 11 is 0. The number of hydrogen-bond donors (Lipinski definition) is 1. The predicted molar refractivity (Wildman–Crippen MR) is 116 cm³/mol. The minimum Gasteiger partial charge on any atom is -0.319 e. The van der Waals surface area contributed by atoms with Crippen LogP contribution in [0.3, 0.4) is 0 Å². The summed E-state index contributed by atoms with van der Waals surface area (Å²) in [5.41, 5.74) is 3.60. The van der Waals surface area contributed by atoms with E-state index < -0.39 is 0 Å². The molecule has 0 radical (unpaired) electrons. The standard InChI is InChI=1S/C24H20N4O2/c1-16-15-17-9-5-6-12-19(17)28(16)24(30)21-20-13-7-8-14-27(20)22(26-21)23(29)25-18-10-3-2-4-11-18/h2-14,16H,15H2,1H3,(H,25,29). The Kier molecular flexibility index (Phi) is 4.32. The van der Waals surface area contributed by atoms with Gasteiger partial charge in [-0.3, -0.25) is 14.0 Å². The highest BCUT2D eigenvalue weighted by Crippen LogP contribution is 2.33. The monoisotopic (exact) mass is 396 g/mol. The maximum absolute atomic E-state index is 13.5. The molecule has 1 N–H and O–H groups in total. The summed E-state index contributed by atoms with van der Waals surface area (Å²) in [5.74, 6) is -0.385. The average molecular weight is 396 g/mol. The molecule has 6 heteroatoms. The topological polar surface area (TPSA) is 66.7 Å². The number of para-hydroxylation sites is 2. The van der Waals surface area contributed by atoms with Gasteiger partial charge < -0.3 is 10.2 Å². The number of aromatic nitrogens is 2. The van der Waals surface area contributed by atoms with Gasteiger partial charge in [0.15, 0.2) is 5.69 Å². The minimum absolute atomic E-state index is 0.0250. The normalized spacial score (nSPS) is 15.2. The Morgan fingerprint density at radius 1 is 0.967 bits per heavy atom. The van der Waals surface area contributed by atoms with Gasteiger partial charge >= 0.3 is 0 Å². The van der Waals surface area contributed by atoms with E-state index in [4.69, 9.17) is 0 Å². The molecule has 2 aromatic heterocycles. The third-order valence-electron chi connectivity index (χ3n) is 5.41. The van der Waals surface area contributed by atoms with Crippen LogP contribution in [-0.4, -0.2) is 27.2 Å². The SMILES string of the molecule is CC1Cc2ccccc2N1C(=O)c1nc(C(=O)Nc2ccccc2)n2ccccc12. The zero-order chi connectivity index (χ0) is 20.7. The van der Waals surface area contributed by atoms with Crippen molar-refractivity contribution in [3.05, 3.63) is 96.1 Å². The van der Waals surface area contributed by atoms with Crippen LogP contribution in [0.25, 0.3) is 5.52 Å². The van der Waals surface area contributed by atoms with Crippen LogP contribution >= 0.6 is 0 Å². The molecule has 1 unspecified atom stereocenters. The van der Waals surface area contributed by atoms with E-state index in [1.54, 1.807) is 15.5 Å². The first-order valence-corrected chi connectivity index (χ1v) is 9.88. The number of nitrogens with one attached hydrogen (secondary N) is 1. The summed E-state index contributed by atoms with van der Waals surface area (Å²) in [6.07, 6.45) is 2.55. The van der Waals surface area contributed by atoms with Crippen molar-refractivity contribution in [2.45, 2.75) is 19.4 Å². The molecule has 0 bridgehead atoms. The Morgan fingerprint density at radius 2 is 1.70 bits per heavy atom. The first kappa shape index (κ1) is 18.1. The maximum atomic E-state index is 13.5. The minimum atomic E-state index is -0.365. The van der Waals surface area contributed by atoms with Crippen LogP contribution in [0.4, 0.5) is 11.4 Å². The third-order valence-corrected chi connectivity index (χ3v) is 5.41. The lowest BCUT2D eigenvalue weighted by Crippen LogP contribution is -2.36. The predicted octanol–water partition coefficient (Wildman–Crippen LogP) is 4.18. The summed E-state index contributed by atoms with van der Waals surface area (Å²) in [7, 11) is 0. The van der Waals surface area contributed by atoms with Gasteiger partial charge in [-0.15, -0.1) is 0 Å². The molecule has 4 aromatic rings. The number of fused-ring (bicyclic) bond motifs is 2. The van der Waals surface area contributed by atoms with Crippen molar-refractivity contribution >= 4 is 28.7 Å². The summed E-state index contributed by atoms with van der Waals surface area (Å²) in [5, 5.41) is 2.85. The molecule has 0 saturated carbocycles. The van der Waals surface area contributed by atoms with Gasteiger partial charge in [0.05, 0.1) is 5.52 Å². The van der Waals surface area contributed by atoms with Gasteiger partial charge in [-0.05, 0) is 49.2 Å². The van der Waals surface area contributed by atoms with Crippen molar-refractivity contribution in [3.8, 4) is 0 Å². The fraction of sp³-hybridized carbons (Fsp3) is 0.125. The first-order valence-electron chi connectivity index (χ1n) is 9.88. The average Bonchev–Trinajstić information content (AvgIpc) is 3.31. The van der Waals surface area contributed by atoms with Gasteiger partial charge in [-0.2, -0.15) is 0 Å². The molecule has 0 aliphatic carbocycles. The van der Waals surface area contributed by atoms with E-state index in [1.165, 1.54) is 0 Å². The second-order valence-corrected chi connectivity index (χ2v) is 7.42. The lowest BCUT2D eigenvalue weighted by atomic mass is 10.1. The molecule has 0 fully saturated rings. The zero-order valence-electron chi connectivity index (χ0n) is 16.4. The fourth-order valence-corrected chi connectivity index (χ4v) is 4.05. The molecule has 1 aliphatic rings. The number of carbonyl (C=O) groups excluding carboxylic acids is 2. The smallest absolute Gasteiger partial charge is 0.292 e. The second-order valence-electron chi connectivity index (χ2n) is 7.42. The quantitative estimate of drug-likeness (QED) is 0.565. The highest BCUT2D eigenvalue weighted by molar-refractivity contribution is 6.12. The number of pyridine rings is 1. The van der Waals surface area contributed by atoms with E-state index in [0.717, 1.165) is 17.7 Å². The molecule has 6 nitrogen and oxygen atoms in total. The first-order chi connectivity index (χ1) is 14.6. The second kappa shape index (κ2) is 7.15. The molecule has 2 aromatic carbocycles. The van der Waals surface area contributed by atoms with E-state index in [9.17, 15) is 9.59 Å². The lowest BCUT2D eigenvalue weighted by molar-refractivity contribution is 0.0978. The fourth-order valence-electron chi connectivity index (χ4n) is 4.05. The molecule has 5 rings (SSSR count). The Labute approximate surface area is 173 Å². The van der Waals surface area contributed by atoms with Gasteiger partial charge in [-0.25, -0.2) is 4.98 Å². The summed E-state index contributed by atoms with van der Waals surface area (Å²) < 4.78 is 1.66. The Balaban J connectivity index is 1.56. The molecule has 1 atom stereocenters. The van der Waals surface area contributed by atoms with Gasteiger partial charge in [-0.1, -0.05) is 42.5 Å². The number of rotatable bonds is 3. The van der Waals surface area contributed by atoms with Crippen molar-refractivity contribution in [1.29, 1.82) is 0 Å². The molecule has 148 valence electrons. The van der Waals surface area contributed by atoms with Crippen LogP contribution in [0.2, 0.25) is 0 Å². The molecule has 0 saturated heterocycles. The number of amides is 2. The Bertz CT molecular complexity index is 1260. The van der Waals surface area contributed by atoms with E-state index >= 15 is 0 Å². The van der Waals surface area contributed by atoms with Crippen molar-refractivity contribution < 1.29 is 9.59 Å². The summed E-state index contributed by atoms with van der Waals surface area (Å²) in [4.78, 5) is 32.8. The molecule has 0 spiro atoms. The van der Waals surface area contributed by atoms with Gasteiger partial charge in [0.1, 0.15) is 0 Å². The van der Waals surface area contributed by atoms with Gasteiger partial charge in [0.25, 0.3) is 11.8 Å². The lowest BCUT2D eigenvalue weighted by Gasteiger charge is -2.21. The molecular formula is C24H20N4O2. The largest absolute Gasteiger partial charge is 0.319 e. The van der Waals surface area contributed by atoms with Gasteiger partial charge in [0.2, 0.25) is 5.82 Å². The molecular weight excluding hydrogens is 376 g/mol. The number of imidazole rings is 1. The zero-order valence-corrected chi connectivity index (χ0v) is 16.4. The van der Waals surface area contributed by atoms with Crippen LogP contribution in [0, 0.1) is 0 Å². The number of benzene rings is 2. The summed E-state index contributed by atoms with van der Waals surface area (Å²) in [6.45, 7) is 2.03. The van der Waals surface area contributed by atoms with E-state index in [-0.39, 0.29) is 29.4 Å². The van der Waals surface area contributed by atoms with Crippen LogP contribution in [0.1, 0.15) is 33.6 Å². The Hall–Kier alpha value is -3.93. The number of nitrogens with zero attached hydrogens (tertiary/aromatic N) is 3. The highest BCUT2D eigenvalue weighted by Gasteiger charge is 2.34. The number of hydrogen-bond acceptors (Lipinski definition) is 3. The van der Waals surface area contributed by atoms with Crippen molar-refractivity contribution in [3.63, 3.8) is 0 Å². The van der Waals surface area contributed by atoms with E-state index in [0.29, 0.717) is 11.2 Å². The van der Waals surface area contributed by atoms with Crippen LogP contribution < -0.4 is 10.2 Å². The van der Waals surface area contributed by atoms with Crippen molar-refractivity contribution in [2.24, 2.45) is 0 Å². The molecule has 1 aliphatic heterocycles. The van der Waals surface area contributed by atoms with Crippen molar-refractivity contribution in [2.75, 3.05) is 10.2 Å². The van der Waals surface area contributed by atoms with Crippen LogP contribution in [0.15, 0.2) is 79.0 Å². The highest BCUT2D eigenvalue weighted by atomic mass is 16.2. The number of carbonyl (C=O) groups is 2. The summed E-state index contributed by atoms with van der Waals surface area (Å²) in [6, 6.07) is 22.6. The molecule has 2 amide bonds. The Morgan fingerprint density at radius 3 is 2.53 bits per heavy atom. The van der Waals surface area contributed by atoms with Crippen LogP contribution in [-0.2, 0) is 6.42 Å². The number of anilines is 2. The van der Waals surface area contributed by atoms with Crippen LogP contribution in [0.5, 0.6) is 0 Å². The van der Waals surface area contributed by atoms with E-state index in [2.05, 4.69) is 10.3 Å². The molecule has 3 heterocycles. The molecule has 30 heavy (non-hydrogen) atoms. The maximum Gasteiger partial charge on any atom is 0.292 e. The van der Waals surface area contributed by atoms with Crippen molar-refractivity contribution in [1.82, 2.24) is 9.38 Å². The van der Waals surface area contributed by atoms with E-state index in [1.807, 2.05) is 79.7 Å². The van der Waals surface area contributed by atoms with Gasteiger partial charge in [0, 0.05) is 23.6 Å².